The highest BCUT2D eigenvalue weighted by Gasteiger charge is 2.15. The average Bonchev–Trinajstić information content (AvgIpc) is 2.87. The van der Waals surface area contributed by atoms with Gasteiger partial charge in [-0.25, -0.2) is 4.79 Å². The predicted octanol–water partition coefficient (Wildman–Crippen LogP) is 3.61. The smallest absolute Gasteiger partial charge is 0.341 e. The van der Waals surface area contributed by atoms with Gasteiger partial charge in [0.05, 0.1) is 18.4 Å². The van der Waals surface area contributed by atoms with Crippen LogP contribution in [0.3, 0.4) is 0 Å². The van der Waals surface area contributed by atoms with E-state index in [0.717, 1.165) is 5.56 Å². The summed E-state index contributed by atoms with van der Waals surface area (Å²) in [5.41, 5.74) is 1.39. The highest BCUT2D eigenvalue weighted by molar-refractivity contribution is 6.32. The maximum atomic E-state index is 11.5. The first-order valence-electron chi connectivity index (χ1n) is 5.65. The number of carbonyl (C=O) groups is 1. The Kier molecular flexibility index (Phi) is 4.12. The molecule has 0 N–H and O–H groups in total. The second-order valence-electron chi connectivity index (χ2n) is 3.97. The molecule has 19 heavy (non-hydrogen) atoms. The molecule has 0 unspecified atom stereocenters. The predicted molar refractivity (Wildman–Crippen MR) is 70.6 cm³/mol. The molecule has 1 aromatic carbocycles. The summed E-state index contributed by atoms with van der Waals surface area (Å²) in [5, 5.41) is 0.511. The molecule has 0 bridgehead atoms. The summed E-state index contributed by atoms with van der Waals surface area (Å²) < 4.78 is 15.4. The molecule has 2 aromatic rings. The van der Waals surface area contributed by atoms with E-state index in [1.807, 2.05) is 19.1 Å². The molecule has 0 aliphatic heterocycles. The molecule has 0 aliphatic rings. The van der Waals surface area contributed by atoms with Crippen LogP contribution in [0, 0.1) is 6.92 Å². The van der Waals surface area contributed by atoms with Gasteiger partial charge in [0.2, 0.25) is 0 Å². The van der Waals surface area contributed by atoms with Crippen molar-refractivity contribution < 1.29 is 18.7 Å². The van der Waals surface area contributed by atoms with Gasteiger partial charge in [-0.3, -0.25) is 0 Å². The molecular formula is C14H13ClO4. The minimum atomic E-state index is -0.456. The second-order valence-corrected chi connectivity index (χ2v) is 4.38. The van der Waals surface area contributed by atoms with Crippen molar-refractivity contribution in [1.82, 2.24) is 0 Å². The lowest BCUT2D eigenvalue weighted by Crippen LogP contribution is -2.05. The van der Waals surface area contributed by atoms with Gasteiger partial charge in [-0.15, -0.1) is 0 Å². The molecule has 0 spiro atoms. The monoisotopic (exact) mass is 280 g/mol. The van der Waals surface area contributed by atoms with Crippen molar-refractivity contribution >= 4 is 17.6 Å². The number of halogens is 1. The SMILES string of the molecule is COC(=O)c1ccoc1COc1cc(C)ccc1Cl. The van der Waals surface area contributed by atoms with Gasteiger partial charge in [-0.2, -0.15) is 0 Å². The average molecular weight is 281 g/mol. The van der Waals surface area contributed by atoms with E-state index in [-0.39, 0.29) is 6.61 Å². The van der Waals surface area contributed by atoms with Crippen LogP contribution in [0.4, 0.5) is 0 Å². The number of furan rings is 1. The summed E-state index contributed by atoms with van der Waals surface area (Å²) >= 11 is 6.02. The van der Waals surface area contributed by atoms with Gasteiger partial charge in [0.1, 0.15) is 17.9 Å². The van der Waals surface area contributed by atoms with Crippen molar-refractivity contribution in [2.45, 2.75) is 13.5 Å². The van der Waals surface area contributed by atoms with Gasteiger partial charge < -0.3 is 13.9 Å². The van der Waals surface area contributed by atoms with E-state index in [2.05, 4.69) is 4.74 Å². The lowest BCUT2D eigenvalue weighted by molar-refractivity contribution is 0.0595. The second kappa shape index (κ2) is 5.80. The zero-order chi connectivity index (χ0) is 13.8. The Morgan fingerprint density at radius 1 is 1.37 bits per heavy atom. The third-order valence-corrected chi connectivity index (χ3v) is 2.91. The molecule has 0 radical (unpaired) electrons. The summed E-state index contributed by atoms with van der Waals surface area (Å²) in [6.45, 7) is 2.05. The summed E-state index contributed by atoms with van der Waals surface area (Å²) in [4.78, 5) is 11.5. The maximum absolute atomic E-state index is 11.5. The minimum Gasteiger partial charge on any atom is -0.484 e. The first kappa shape index (κ1) is 13.5. The maximum Gasteiger partial charge on any atom is 0.341 e. The number of benzene rings is 1. The van der Waals surface area contributed by atoms with Gasteiger partial charge >= 0.3 is 5.97 Å². The Morgan fingerprint density at radius 2 is 2.16 bits per heavy atom. The first-order chi connectivity index (χ1) is 9.11. The number of hydrogen-bond acceptors (Lipinski definition) is 4. The van der Waals surface area contributed by atoms with Gasteiger partial charge in [-0.1, -0.05) is 17.7 Å². The molecule has 0 saturated heterocycles. The number of ether oxygens (including phenoxy) is 2. The van der Waals surface area contributed by atoms with Crippen LogP contribution in [0.15, 0.2) is 34.9 Å². The van der Waals surface area contributed by atoms with E-state index < -0.39 is 5.97 Å². The Bertz CT molecular complexity index is 589. The quantitative estimate of drug-likeness (QED) is 0.803. The van der Waals surface area contributed by atoms with E-state index >= 15 is 0 Å². The van der Waals surface area contributed by atoms with E-state index in [1.54, 1.807) is 12.1 Å². The van der Waals surface area contributed by atoms with Crippen molar-refractivity contribution in [3.05, 3.63) is 52.4 Å². The van der Waals surface area contributed by atoms with E-state index in [1.165, 1.54) is 13.4 Å². The zero-order valence-electron chi connectivity index (χ0n) is 10.6. The Balaban J connectivity index is 2.13. The highest BCUT2D eigenvalue weighted by atomic mass is 35.5. The molecule has 1 aromatic heterocycles. The van der Waals surface area contributed by atoms with Crippen molar-refractivity contribution in [3.63, 3.8) is 0 Å². The number of hydrogen-bond donors (Lipinski definition) is 0. The number of carbonyl (C=O) groups excluding carboxylic acids is 1. The third kappa shape index (κ3) is 3.09. The van der Waals surface area contributed by atoms with Gasteiger partial charge in [0.15, 0.2) is 5.76 Å². The Labute approximate surface area is 115 Å². The highest BCUT2D eigenvalue weighted by Crippen LogP contribution is 2.26. The fourth-order valence-corrected chi connectivity index (χ4v) is 1.78. The Morgan fingerprint density at radius 3 is 2.89 bits per heavy atom. The van der Waals surface area contributed by atoms with E-state index in [4.69, 9.17) is 20.8 Å². The van der Waals surface area contributed by atoms with Gasteiger partial charge in [-0.05, 0) is 30.7 Å². The summed E-state index contributed by atoms with van der Waals surface area (Å²) in [7, 11) is 1.32. The van der Waals surface area contributed by atoms with E-state index in [0.29, 0.717) is 22.1 Å². The fourth-order valence-electron chi connectivity index (χ4n) is 1.61. The molecular weight excluding hydrogens is 268 g/mol. The van der Waals surface area contributed by atoms with Crippen molar-refractivity contribution in [2.75, 3.05) is 7.11 Å². The molecule has 100 valence electrons. The molecule has 2 rings (SSSR count). The van der Waals surface area contributed by atoms with Crippen molar-refractivity contribution in [1.29, 1.82) is 0 Å². The molecule has 1 heterocycles. The van der Waals surface area contributed by atoms with Crippen LogP contribution in [0.1, 0.15) is 21.7 Å². The van der Waals surface area contributed by atoms with Crippen LogP contribution in [-0.2, 0) is 11.3 Å². The van der Waals surface area contributed by atoms with Crippen LogP contribution < -0.4 is 4.74 Å². The van der Waals surface area contributed by atoms with E-state index in [9.17, 15) is 4.79 Å². The van der Waals surface area contributed by atoms with Crippen LogP contribution in [-0.4, -0.2) is 13.1 Å². The van der Waals surface area contributed by atoms with Gasteiger partial charge in [0, 0.05) is 0 Å². The molecule has 0 atom stereocenters. The fraction of sp³-hybridized carbons (Fsp3) is 0.214. The minimum absolute atomic E-state index is 0.112. The van der Waals surface area contributed by atoms with Gasteiger partial charge in [0.25, 0.3) is 0 Å². The topological polar surface area (TPSA) is 48.7 Å². The summed E-state index contributed by atoms with van der Waals surface area (Å²) in [6.07, 6.45) is 1.42. The van der Waals surface area contributed by atoms with Crippen LogP contribution in [0.2, 0.25) is 5.02 Å². The van der Waals surface area contributed by atoms with Crippen LogP contribution in [0.25, 0.3) is 0 Å². The standard InChI is InChI=1S/C14H13ClO4/c1-9-3-4-11(15)12(7-9)19-8-13-10(5-6-18-13)14(16)17-2/h3-7H,8H2,1-2H3. The lowest BCUT2D eigenvalue weighted by atomic mass is 10.2. The molecule has 4 nitrogen and oxygen atoms in total. The van der Waals surface area contributed by atoms with Crippen LogP contribution in [0.5, 0.6) is 5.75 Å². The lowest BCUT2D eigenvalue weighted by Gasteiger charge is -2.08. The summed E-state index contributed by atoms with van der Waals surface area (Å²) in [5.74, 6) is 0.501. The first-order valence-corrected chi connectivity index (χ1v) is 6.03. The molecule has 5 heteroatoms. The molecule has 0 saturated carbocycles. The number of aryl methyl sites for hydroxylation is 1. The van der Waals surface area contributed by atoms with Crippen molar-refractivity contribution in [2.24, 2.45) is 0 Å². The summed E-state index contributed by atoms with van der Waals surface area (Å²) in [6, 6.07) is 7.02. The molecule has 0 fully saturated rings. The molecule has 0 amide bonds. The number of rotatable bonds is 4. The largest absolute Gasteiger partial charge is 0.484 e. The number of methoxy groups -OCH3 is 1. The van der Waals surface area contributed by atoms with Crippen LogP contribution >= 0.6 is 11.6 Å². The number of esters is 1. The third-order valence-electron chi connectivity index (χ3n) is 2.60. The van der Waals surface area contributed by atoms with Crippen molar-refractivity contribution in [3.8, 4) is 5.75 Å². The zero-order valence-corrected chi connectivity index (χ0v) is 11.4. The molecule has 0 aliphatic carbocycles. The normalized spacial score (nSPS) is 10.3. The Hall–Kier alpha value is -1.94.